The van der Waals surface area contributed by atoms with E-state index in [0.29, 0.717) is 0 Å². The van der Waals surface area contributed by atoms with Gasteiger partial charge < -0.3 is 4.57 Å². The maximum absolute atomic E-state index is 4.49. The monoisotopic (exact) mass is 391 g/mol. The first-order valence-corrected chi connectivity index (χ1v) is 10.4. The molecule has 0 N–H and O–H groups in total. The summed E-state index contributed by atoms with van der Waals surface area (Å²) >= 11 is 0. The van der Waals surface area contributed by atoms with Gasteiger partial charge in [0.05, 0.1) is 5.52 Å². The number of allylic oxidation sites excluding steroid dienone is 4. The molecule has 30 heavy (non-hydrogen) atoms. The molecule has 0 saturated carbocycles. The Hall–Kier alpha value is -3.58. The maximum atomic E-state index is 4.49. The number of hydrogen-bond donors (Lipinski definition) is 0. The third-order valence-corrected chi connectivity index (χ3v) is 5.09. The van der Waals surface area contributed by atoms with Gasteiger partial charge in [-0.1, -0.05) is 112 Å². The van der Waals surface area contributed by atoms with Crippen molar-refractivity contribution >= 4 is 33.8 Å². The Labute approximate surface area is 179 Å². The zero-order valence-electron chi connectivity index (χ0n) is 18.2. The molecule has 150 valence electrons. The minimum Gasteiger partial charge on any atom is -0.309 e. The molecule has 0 amide bonds. The Kier molecular flexibility index (Phi) is 6.54. The lowest BCUT2D eigenvalue weighted by Crippen LogP contribution is -2.28. The molecule has 3 aromatic carbocycles. The standard InChI is InChI=1S/C27H23N.C2H6/c1-5-6-15-23(19(2)3)26-20(4)28(22-13-8-7-9-14-22)27-24-16-11-10-12-21(24)17-18-25(26)27;1-2/h5-18H,1-2,4H2,3H3;1-2H3/b15-6-,26-23+;. The van der Waals surface area contributed by atoms with Crippen LogP contribution < -0.4 is 10.6 Å². The van der Waals surface area contributed by atoms with Crippen molar-refractivity contribution in [1.82, 2.24) is 4.57 Å². The molecule has 0 atom stereocenters. The van der Waals surface area contributed by atoms with Crippen molar-refractivity contribution in [2.45, 2.75) is 20.8 Å². The zero-order chi connectivity index (χ0) is 21.7. The topological polar surface area (TPSA) is 4.93 Å². The van der Waals surface area contributed by atoms with Crippen LogP contribution in [0.25, 0.3) is 39.5 Å². The molecule has 1 heteroatoms. The van der Waals surface area contributed by atoms with Crippen LogP contribution in [0.3, 0.4) is 0 Å². The highest BCUT2D eigenvalue weighted by molar-refractivity contribution is 6.07. The van der Waals surface area contributed by atoms with Crippen molar-refractivity contribution in [2.24, 2.45) is 0 Å². The highest BCUT2D eigenvalue weighted by atomic mass is 15.0. The van der Waals surface area contributed by atoms with E-state index in [2.05, 4.69) is 91.0 Å². The van der Waals surface area contributed by atoms with Gasteiger partial charge in [-0.15, -0.1) is 0 Å². The summed E-state index contributed by atoms with van der Waals surface area (Å²) in [6.07, 6.45) is 5.82. The highest BCUT2D eigenvalue weighted by Gasteiger charge is 2.13. The molecule has 4 aromatic rings. The molecule has 0 fully saturated rings. The van der Waals surface area contributed by atoms with Gasteiger partial charge >= 0.3 is 0 Å². The molecule has 0 saturated heterocycles. The Balaban J connectivity index is 0.00000124. The fourth-order valence-corrected chi connectivity index (χ4v) is 3.87. The van der Waals surface area contributed by atoms with Crippen molar-refractivity contribution in [3.63, 3.8) is 0 Å². The summed E-state index contributed by atoms with van der Waals surface area (Å²) in [4.78, 5) is 0. The van der Waals surface area contributed by atoms with E-state index in [1.807, 2.05) is 32.9 Å². The van der Waals surface area contributed by atoms with Gasteiger partial charge in [-0.3, -0.25) is 0 Å². The summed E-state index contributed by atoms with van der Waals surface area (Å²) in [5.74, 6) is 0. The van der Waals surface area contributed by atoms with Crippen LogP contribution in [0.15, 0.2) is 104 Å². The third-order valence-electron chi connectivity index (χ3n) is 5.09. The fourth-order valence-electron chi connectivity index (χ4n) is 3.87. The lowest BCUT2D eigenvalue weighted by Gasteiger charge is -2.08. The van der Waals surface area contributed by atoms with Crippen LogP contribution in [-0.4, -0.2) is 4.57 Å². The first-order valence-electron chi connectivity index (χ1n) is 10.4. The van der Waals surface area contributed by atoms with Gasteiger partial charge in [0.1, 0.15) is 0 Å². The molecule has 1 aromatic heterocycles. The van der Waals surface area contributed by atoms with Crippen LogP contribution in [0.4, 0.5) is 0 Å². The molecule has 0 spiro atoms. The van der Waals surface area contributed by atoms with Crippen LogP contribution in [0, 0.1) is 0 Å². The molecule has 0 aliphatic carbocycles. The van der Waals surface area contributed by atoms with E-state index in [0.717, 1.165) is 27.4 Å². The second-order valence-electron chi connectivity index (χ2n) is 6.96. The molecular weight excluding hydrogens is 362 g/mol. The number of nitrogens with zero attached hydrogens (tertiary/aromatic N) is 1. The molecule has 0 bridgehead atoms. The van der Waals surface area contributed by atoms with Gasteiger partial charge in [0.25, 0.3) is 0 Å². The molecule has 0 aliphatic heterocycles. The van der Waals surface area contributed by atoms with Crippen LogP contribution in [0.1, 0.15) is 20.8 Å². The van der Waals surface area contributed by atoms with E-state index >= 15 is 0 Å². The predicted molar refractivity (Wildman–Crippen MR) is 134 cm³/mol. The smallest absolute Gasteiger partial charge is 0.0619 e. The summed E-state index contributed by atoms with van der Waals surface area (Å²) in [7, 11) is 0. The number of para-hydroxylation sites is 1. The normalized spacial score (nSPS) is 12.0. The lowest BCUT2D eigenvalue weighted by atomic mass is 10.0. The molecular formula is C29H29N. The SMILES string of the molecule is C=C/C=C\C(C(=C)C)=c1\c(=C)n(-c2ccccc2)c2c1ccc1ccccc12.CC. The van der Waals surface area contributed by atoms with E-state index in [-0.39, 0.29) is 0 Å². The van der Waals surface area contributed by atoms with Crippen molar-refractivity contribution < 1.29 is 0 Å². The average Bonchev–Trinajstić information content (AvgIpc) is 3.08. The molecule has 0 radical (unpaired) electrons. The predicted octanol–water partition coefficient (Wildman–Crippen LogP) is 6.69. The van der Waals surface area contributed by atoms with Crippen LogP contribution in [-0.2, 0) is 0 Å². The first kappa shape index (κ1) is 21.1. The summed E-state index contributed by atoms with van der Waals surface area (Å²) in [5, 5.41) is 5.70. The number of fused-ring (bicyclic) bond motifs is 3. The van der Waals surface area contributed by atoms with Crippen LogP contribution >= 0.6 is 0 Å². The van der Waals surface area contributed by atoms with Crippen molar-refractivity contribution in [1.29, 1.82) is 0 Å². The lowest BCUT2D eigenvalue weighted by molar-refractivity contribution is 1.08. The second-order valence-corrected chi connectivity index (χ2v) is 6.96. The first-order chi connectivity index (χ1) is 14.6. The van der Waals surface area contributed by atoms with Crippen molar-refractivity contribution in [3.8, 4) is 5.69 Å². The van der Waals surface area contributed by atoms with E-state index < -0.39 is 0 Å². The van der Waals surface area contributed by atoms with Crippen LogP contribution in [0.2, 0.25) is 0 Å². The third kappa shape index (κ3) is 3.67. The van der Waals surface area contributed by atoms with Gasteiger partial charge in [0.2, 0.25) is 0 Å². The molecule has 4 rings (SSSR count). The van der Waals surface area contributed by atoms with E-state index in [1.165, 1.54) is 21.7 Å². The average molecular weight is 392 g/mol. The second kappa shape index (κ2) is 9.28. The minimum absolute atomic E-state index is 0.962. The number of aromatic nitrogens is 1. The largest absolute Gasteiger partial charge is 0.309 e. The Bertz CT molecular complexity index is 1350. The van der Waals surface area contributed by atoms with E-state index in [4.69, 9.17) is 0 Å². The number of benzene rings is 3. The summed E-state index contributed by atoms with van der Waals surface area (Å²) in [6.45, 7) is 18.6. The van der Waals surface area contributed by atoms with E-state index in [9.17, 15) is 0 Å². The Morgan fingerprint density at radius 1 is 0.867 bits per heavy atom. The Morgan fingerprint density at radius 3 is 2.20 bits per heavy atom. The summed E-state index contributed by atoms with van der Waals surface area (Å²) in [6, 6.07) is 23.3. The van der Waals surface area contributed by atoms with E-state index in [1.54, 1.807) is 6.08 Å². The van der Waals surface area contributed by atoms with Gasteiger partial charge in [0.15, 0.2) is 0 Å². The minimum atomic E-state index is 0.962. The fraction of sp³-hybridized carbons (Fsp3) is 0.103. The quantitative estimate of drug-likeness (QED) is 0.342. The van der Waals surface area contributed by atoms with Crippen molar-refractivity contribution in [2.75, 3.05) is 0 Å². The molecule has 1 nitrogen and oxygen atoms in total. The molecule has 0 unspecified atom stereocenters. The zero-order valence-corrected chi connectivity index (χ0v) is 18.2. The van der Waals surface area contributed by atoms with Gasteiger partial charge in [-0.25, -0.2) is 0 Å². The summed E-state index contributed by atoms with van der Waals surface area (Å²) in [5.41, 5.74) is 4.37. The highest BCUT2D eigenvalue weighted by Crippen LogP contribution is 2.26. The number of rotatable bonds is 4. The van der Waals surface area contributed by atoms with Gasteiger partial charge in [0, 0.05) is 27.0 Å². The maximum Gasteiger partial charge on any atom is 0.0619 e. The van der Waals surface area contributed by atoms with Crippen LogP contribution in [0.5, 0.6) is 0 Å². The van der Waals surface area contributed by atoms with Gasteiger partial charge in [-0.2, -0.15) is 0 Å². The summed E-state index contributed by atoms with van der Waals surface area (Å²) < 4.78 is 2.26. The number of hydrogen-bond acceptors (Lipinski definition) is 0. The molecule has 1 heterocycles. The Morgan fingerprint density at radius 2 is 1.53 bits per heavy atom. The van der Waals surface area contributed by atoms with Crippen molar-refractivity contribution in [3.05, 3.63) is 114 Å². The van der Waals surface area contributed by atoms with Gasteiger partial charge in [-0.05, 0) is 30.0 Å². The molecule has 0 aliphatic rings.